The maximum atomic E-state index is 13.0. The number of amides is 1. The van der Waals surface area contributed by atoms with Crippen LogP contribution >= 0.6 is 7.82 Å². The molecule has 0 rings (SSSR count). The van der Waals surface area contributed by atoms with Crippen LogP contribution in [0.4, 0.5) is 0 Å². The van der Waals surface area contributed by atoms with Gasteiger partial charge in [-0.25, -0.2) is 4.57 Å². The third-order valence-corrected chi connectivity index (χ3v) is 13.3. The zero-order valence-electron chi connectivity index (χ0n) is 47.2. The van der Waals surface area contributed by atoms with Crippen LogP contribution in [0.2, 0.25) is 0 Å². The first-order chi connectivity index (χ1) is 35.4. The molecule has 0 saturated carbocycles. The molecule has 0 radical (unpaired) electrons. The van der Waals surface area contributed by atoms with Crippen molar-refractivity contribution in [2.75, 3.05) is 40.9 Å². The van der Waals surface area contributed by atoms with Crippen LogP contribution in [0.5, 0.6) is 0 Å². The number of aliphatic hydroxyl groups is 2. The fourth-order valence-corrected chi connectivity index (χ4v) is 8.46. The minimum absolute atomic E-state index is 0.00930. The molecule has 0 aliphatic carbocycles. The monoisotopic (exact) mass is 1040 g/mol. The summed E-state index contributed by atoms with van der Waals surface area (Å²) >= 11 is 0. The molecule has 0 fully saturated rings. The van der Waals surface area contributed by atoms with Gasteiger partial charge in [-0.05, 0) is 109 Å². The molecule has 0 bridgehead atoms. The van der Waals surface area contributed by atoms with Crippen molar-refractivity contribution >= 4 is 13.7 Å². The Bertz CT molecular complexity index is 1620. The van der Waals surface area contributed by atoms with Gasteiger partial charge >= 0.3 is 7.82 Å². The van der Waals surface area contributed by atoms with E-state index in [1.165, 1.54) is 77.0 Å². The van der Waals surface area contributed by atoms with Gasteiger partial charge in [0.25, 0.3) is 0 Å². The Kier molecular flexibility index (Phi) is 50.1. The lowest BCUT2D eigenvalue weighted by molar-refractivity contribution is -0.870. The summed E-state index contributed by atoms with van der Waals surface area (Å²) in [4.78, 5) is 23.3. The first kappa shape index (κ1) is 69.9. The Labute approximate surface area is 448 Å². The topological polar surface area (TPSA) is 125 Å². The van der Waals surface area contributed by atoms with Crippen LogP contribution in [-0.2, 0) is 18.4 Å². The Hall–Kier alpha value is -3.14. The number of quaternary nitrogens is 1. The zero-order valence-corrected chi connectivity index (χ0v) is 48.1. The largest absolute Gasteiger partial charge is 0.472 e. The summed E-state index contributed by atoms with van der Waals surface area (Å²) < 4.78 is 23.6. The van der Waals surface area contributed by atoms with Crippen LogP contribution in [0.3, 0.4) is 0 Å². The molecule has 418 valence electrons. The standard InChI is InChI=1S/C63H109N2O7P/c1-6-8-10-12-14-16-18-20-21-22-23-24-25-26-27-28-29-30-31-32-33-34-35-36-37-38-39-40-41-42-43-44-46-48-50-52-54-56-62(67)64-60(59-72-73(69,70)71-58-57-65(3,4)5)63(68)61(66)55-53-51-49-47-45-19-17-15-13-11-9-7-2/h8,10,14,16,20-21,23-24,26-27,29-30,32-33,35-36,38-39,47,49,60-61,63,66,68H,6-7,9,11-13,15,17-19,22,25,28,31,34,37,40-46,48,50-59H2,1-5H3,(H-,64,67,69,70)/p+1/b10-8-,16-14-,21-20-,24-23-,27-26-,30-29-,33-32-,36-35-,39-38-,49-47+. The summed E-state index contributed by atoms with van der Waals surface area (Å²) in [5.74, 6) is -0.280. The Balaban J connectivity index is 4.20. The molecule has 0 aromatic heterocycles. The van der Waals surface area contributed by atoms with Gasteiger partial charge in [0.2, 0.25) is 5.91 Å². The maximum Gasteiger partial charge on any atom is 0.472 e. The lowest BCUT2D eigenvalue weighted by Crippen LogP contribution is -2.51. The van der Waals surface area contributed by atoms with Crippen molar-refractivity contribution < 1.29 is 38.0 Å². The van der Waals surface area contributed by atoms with Gasteiger partial charge in [0, 0.05) is 6.42 Å². The summed E-state index contributed by atoms with van der Waals surface area (Å²) in [7, 11) is 1.40. The van der Waals surface area contributed by atoms with Crippen molar-refractivity contribution in [2.24, 2.45) is 0 Å². The van der Waals surface area contributed by atoms with E-state index >= 15 is 0 Å². The molecule has 9 nitrogen and oxygen atoms in total. The van der Waals surface area contributed by atoms with Crippen molar-refractivity contribution in [1.29, 1.82) is 0 Å². The molecule has 0 aliphatic rings. The fourth-order valence-electron chi connectivity index (χ4n) is 7.72. The molecule has 4 N–H and O–H groups in total. The molecule has 10 heteroatoms. The zero-order chi connectivity index (χ0) is 53.6. The summed E-state index contributed by atoms with van der Waals surface area (Å²) in [6, 6.07) is -1.06. The average Bonchev–Trinajstić information content (AvgIpc) is 3.35. The number of hydrogen-bond acceptors (Lipinski definition) is 6. The number of allylic oxidation sites excluding steroid dienone is 20. The van der Waals surface area contributed by atoms with E-state index in [4.69, 9.17) is 9.05 Å². The van der Waals surface area contributed by atoms with E-state index in [0.29, 0.717) is 30.3 Å². The Morgan fingerprint density at radius 1 is 0.493 bits per heavy atom. The smallest absolute Gasteiger partial charge is 0.390 e. The van der Waals surface area contributed by atoms with Crippen molar-refractivity contribution in [1.82, 2.24) is 5.32 Å². The highest BCUT2D eigenvalue weighted by molar-refractivity contribution is 7.47. The van der Waals surface area contributed by atoms with E-state index in [1.54, 1.807) is 0 Å². The highest BCUT2D eigenvalue weighted by atomic mass is 31.2. The number of carbonyl (C=O) groups excluding carboxylic acids is 1. The van der Waals surface area contributed by atoms with Crippen LogP contribution in [-0.4, -0.2) is 84.6 Å². The van der Waals surface area contributed by atoms with Gasteiger partial charge in [0.15, 0.2) is 0 Å². The average molecular weight is 1040 g/mol. The lowest BCUT2D eigenvalue weighted by atomic mass is 10.0. The fraction of sp³-hybridized carbons (Fsp3) is 0.667. The highest BCUT2D eigenvalue weighted by Crippen LogP contribution is 2.43. The second-order valence-corrected chi connectivity index (χ2v) is 21.9. The van der Waals surface area contributed by atoms with Gasteiger partial charge in [-0.2, -0.15) is 0 Å². The number of unbranched alkanes of at least 4 members (excludes halogenated alkanes) is 17. The Morgan fingerprint density at radius 3 is 1.26 bits per heavy atom. The van der Waals surface area contributed by atoms with E-state index < -0.39 is 32.7 Å². The number of aliphatic hydroxyl groups excluding tert-OH is 2. The third kappa shape index (κ3) is 53.5. The number of rotatable bonds is 51. The van der Waals surface area contributed by atoms with Crippen molar-refractivity contribution in [2.45, 2.75) is 231 Å². The van der Waals surface area contributed by atoms with Crippen molar-refractivity contribution in [3.05, 3.63) is 122 Å². The molecular formula is C63H110N2O7P+. The second-order valence-electron chi connectivity index (χ2n) is 20.4. The molecule has 73 heavy (non-hydrogen) atoms. The molecule has 0 aromatic rings. The number of nitrogens with zero attached hydrogens (tertiary/aromatic N) is 1. The normalized spacial score (nSPS) is 15.2. The molecule has 0 aliphatic heterocycles. The summed E-state index contributed by atoms with van der Waals surface area (Å²) in [5.41, 5.74) is 0. The summed E-state index contributed by atoms with van der Waals surface area (Å²) in [6.45, 7) is 4.44. The first-order valence-electron chi connectivity index (χ1n) is 29.0. The van der Waals surface area contributed by atoms with E-state index in [1.807, 2.05) is 21.1 Å². The van der Waals surface area contributed by atoms with Gasteiger partial charge in [-0.15, -0.1) is 0 Å². The number of carbonyl (C=O) groups is 1. The van der Waals surface area contributed by atoms with E-state index in [0.717, 1.165) is 96.3 Å². The van der Waals surface area contributed by atoms with Gasteiger partial charge in [-0.1, -0.05) is 219 Å². The number of nitrogens with one attached hydrogen (secondary N) is 1. The van der Waals surface area contributed by atoms with Crippen LogP contribution in [0.15, 0.2) is 122 Å². The SMILES string of the molecule is CC/C=C\C/C=C\C/C=C\C/C=C\C/C=C\C/C=C\C/C=C\C/C=C\C/C=C\CCCCCCCCCCCC(=O)NC(COP(=O)(O)OCC[N+](C)(C)C)C(O)C(O)CCC/C=C/CCCCCCCCC. The molecule has 0 heterocycles. The lowest BCUT2D eigenvalue weighted by Gasteiger charge is -2.28. The van der Waals surface area contributed by atoms with Crippen LogP contribution in [0.25, 0.3) is 0 Å². The summed E-state index contributed by atoms with van der Waals surface area (Å²) in [5, 5.41) is 24.7. The number of hydrogen-bond donors (Lipinski definition) is 4. The van der Waals surface area contributed by atoms with E-state index in [-0.39, 0.29) is 18.9 Å². The molecule has 4 atom stereocenters. The molecular weight excluding hydrogens is 928 g/mol. The number of phosphoric ester groups is 1. The quantitative estimate of drug-likeness (QED) is 0.0207. The van der Waals surface area contributed by atoms with Gasteiger partial charge in [0.1, 0.15) is 19.3 Å². The highest BCUT2D eigenvalue weighted by Gasteiger charge is 2.31. The van der Waals surface area contributed by atoms with Gasteiger partial charge in [-0.3, -0.25) is 13.8 Å². The number of phosphoric acid groups is 1. The van der Waals surface area contributed by atoms with Crippen LogP contribution in [0.1, 0.15) is 213 Å². The molecule has 0 saturated heterocycles. The van der Waals surface area contributed by atoms with Crippen LogP contribution in [0, 0.1) is 0 Å². The minimum atomic E-state index is -4.44. The molecule has 1 amide bonds. The predicted octanol–water partition coefficient (Wildman–Crippen LogP) is 16.7. The molecule has 4 unspecified atom stereocenters. The second kappa shape index (κ2) is 52.3. The van der Waals surface area contributed by atoms with Crippen molar-refractivity contribution in [3.8, 4) is 0 Å². The number of likely N-dealkylation sites (N-methyl/N-ethyl adjacent to an activating group) is 1. The first-order valence-corrected chi connectivity index (χ1v) is 30.5. The maximum absolute atomic E-state index is 13.0. The van der Waals surface area contributed by atoms with Gasteiger partial charge < -0.3 is 24.9 Å². The minimum Gasteiger partial charge on any atom is -0.390 e. The predicted molar refractivity (Wildman–Crippen MR) is 314 cm³/mol. The third-order valence-electron chi connectivity index (χ3n) is 12.3. The van der Waals surface area contributed by atoms with Crippen molar-refractivity contribution in [3.63, 3.8) is 0 Å². The molecule has 0 spiro atoms. The van der Waals surface area contributed by atoms with E-state index in [2.05, 4.69) is 141 Å². The Morgan fingerprint density at radius 2 is 0.849 bits per heavy atom. The van der Waals surface area contributed by atoms with Gasteiger partial charge in [0.05, 0.1) is 39.9 Å². The van der Waals surface area contributed by atoms with E-state index in [9.17, 15) is 24.5 Å². The van der Waals surface area contributed by atoms with Crippen LogP contribution < -0.4 is 5.32 Å². The molecule has 0 aromatic carbocycles. The summed E-state index contributed by atoms with van der Waals surface area (Å²) in [6.07, 6.45) is 74.3.